The van der Waals surface area contributed by atoms with Gasteiger partial charge in [0.2, 0.25) is 5.91 Å². The van der Waals surface area contributed by atoms with E-state index in [1.165, 1.54) is 18.4 Å². The zero-order valence-corrected chi connectivity index (χ0v) is 16.4. The number of amides is 1. The van der Waals surface area contributed by atoms with Crippen LogP contribution in [0.3, 0.4) is 0 Å². The van der Waals surface area contributed by atoms with Gasteiger partial charge in [0.05, 0.1) is 19.7 Å². The molecule has 1 aromatic rings. The first-order chi connectivity index (χ1) is 13.1. The largest absolute Gasteiger partial charge is 0.371 e. The molecular weight excluding hydrogens is 338 g/mol. The number of nitrogens with zero attached hydrogens (tertiary/aromatic N) is 3. The zero-order chi connectivity index (χ0) is 18.7. The molecule has 2 fully saturated rings. The smallest absolute Gasteiger partial charge is 0.249 e. The van der Waals surface area contributed by atoms with Gasteiger partial charge >= 0.3 is 0 Å². The molecule has 27 heavy (non-hydrogen) atoms. The zero-order valence-electron chi connectivity index (χ0n) is 16.4. The number of likely N-dealkylation sites (tertiary alicyclic amines) is 1. The SMILES string of the molecule is CN(Cc1cccnc1)C[C@H]1CCC2(CN(C(=O)C3=CCCCC3)C2)OC1. The van der Waals surface area contributed by atoms with E-state index < -0.39 is 0 Å². The van der Waals surface area contributed by atoms with E-state index in [9.17, 15) is 4.79 Å². The van der Waals surface area contributed by atoms with Gasteiger partial charge in [-0.2, -0.15) is 0 Å². The van der Waals surface area contributed by atoms with Crippen LogP contribution in [0.15, 0.2) is 36.2 Å². The number of hydrogen-bond acceptors (Lipinski definition) is 4. The Bertz CT molecular complexity index is 672. The molecule has 5 nitrogen and oxygen atoms in total. The van der Waals surface area contributed by atoms with Crippen molar-refractivity contribution in [3.63, 3.8) is 0 Å². The van der Waals surface area contributed by atoms with Crippen LogP contribution in [0.2, 0.25) is 0 Å². The number of carbonyl (C=O) groups excluding carboxylic acids is 1. The Balaban J connectivity index is 1.21. The van der Waals surface area contributed by atoms with Crippen molar-refractivity contribution in [1.82, 2.24) is 14.8 Å². The highest BCUT2D eigenvalue weighted by Crippen LogP contribution is 2.37. The summed E-state index contributed by atoms with van der Waals surface area (Å²) in [6, 6.07) is 4.11. The van der Waals surface area contributed by atoms with Crippen LogP contribution >= 0.6 is 0 Å². The van der Waals surface area contributed by atoms with Crippen LogP contribution in [-0.2, 0) is 16.1 Å². The first-order valence-electron chi connectivity index (χ1n) is 10.3. The molecule has 0 saturated carbocycles. The number of aromatic nitrogens is 1. The Morgan fingerprint density at radius 2 is 2.30 bits per heavy atom. The minimum Gasteiger partial charge on any atom is -0.371 e. The number of rotatable bonds is 5. The summed E-state index contributed by atoms with van der Waals surface area (Å²) in [7, 11) is 2.17. The first-order valence-corrected chi connectivity index (χ1v) is 10.3. The molecular formula is C22H31N3O2. The number of ether oxygens (including phenoxy) is 1. The summed E-state index contributed by atoms with van der Waals surface area (Å²) >= 11 is 0. The van der Waals surface area contributed by atoms with E-state index in [4.69, 9.17) is 4.74 Å². The Labute approximate surface area is 162 Å². The molecule has 0 bridgehead atoms. The number of carbonyl (C=O) groups is 1. The predicted molar refractivity (Wildman–Crippen MR) is 105 cm³/mol. The van der Waals surface area contributed by atoms with Crippen molar-refractivity contribution in [3.8, 4) is 0 Å². The highest BCUT2D eigenvalue weighted by Gasteiger charge is 2.48. The lowest BCUT2D eigenvalue weighted by Gasteiger charge is -2.53. The topological polar surface area (TPSA) is 45.7 Å². The van der Waals surface area contributed by atoms with E-state index in [0.717, 1.165) is 64.0 Å². The molecule has 1 aromatic heterocycles. The minimum absolute atomic E-state index is 0.0662. The van der Waals surface area contributed by atoms with E-state index in [2.05, 4.69) is 29.1 Å². The van der Waals surface area contributed by atoms with Gasteiger partial charge in [0.1, 0.15) is 5.60 Å². The normalized spacial score (nSPS) is 24.6. The Hall–Kier alpha value is -1.72. The molecule has 2 saturated heterocycles. The van der Waals surface area contributed by atoms with E-state index >= 15 is 0 Å². The second kappa shape index (κ2) is 8.11. The van der Waals surface area contributed by atoms with Gasteiger partial charge < -0.3 is 14.5 Å². The summed E-state index contributed by atoms with van der Waals surface area (Å²) in [5, 5.41) is 0. The molecule has 5 heteroatoms. The van der Waals surface area contributed by atoms with Crippen molar-refractivity contribution in [1.29, 1.82) is 0 Å². The molecule has 4 rings (SSSR count). The molecule has 1 aliphatic carbocycles. The monoisotopic (exact) mass is 369 g/mol. The number of allylic oxidation sites excluding steroid dienone is 1. The summed E-state index contributed by atoms with van der Waals surface area (Å²) < 4.78 is 6.28. The van der Waals surface area contributed by atoms with E-state index in [1.807, 2.05) is 23.4 Å². The highest BCUT2D eigenvalue weighted by molar-refractivity contribution is 5.94. The van der Waals surface area contributed by atoms with Crippen molar-refractivity contribution >= 4 is 5.91 Å². The third-order valence-corrected chi connectivity index (χ3v) is 6.19. The molecule has 0 radical (unpaired) electrons. The summed E-state index contributed by atoms with van der Waals surface area (Å²) in [6.45, 7) is 4.33. The lowest BCUT2D eigenvalue weighted by Crippen LogP contribution is -2.66. The quantitative estimate of drug-likeness (QED) is 0.800. The summed E-state index contributed by atoms with van der Waals surface area (Å²) in [6.07, 6.45) is 12.5. The van der Waals surface area contributed by atoms with Crippen LogP contribution in [0.4, 0.5) is 0 Å². The molecule has 2 aliphatic heterocycles. The van der Waals surface area contributed by atoms with Gasteiger partial charge in [-0.15, -0.1) is 0 Å². The van der Waals surface area contributed by atoms with Gasteiger partial charge in [-0.25, -0.2) is 0 Å². The number of pyridine rings is 1. The maximum absolute atomic E-state index is 12.6. The average Bonchev–Trinajstić information content (AvgIpc) is 2.68. The summed E-state index contributed by atoms with van der Waals surface area (Å²) in [5.74, 6) is 0.824. The Kier molecular flexibility index (Phi) is 5.60. The van der Waals surface area contributed by atoms with Crippen molar-refractivity contribution in [2.45, 2.75) is 50.7 Å². The highest BCUT2D eigenvalue weighted by atomic mass is 16.5. The fourth-order valence-electron chi connectivity index (χ4n) is 4.65. The van der Waals surface area contributed by atoms with E-state index in [1.54, 1.807) is 0 Å². The Morgan fingerprint density at radius 3 is 2.96 bits per heavy atom. The van der Waals surface area contributed by atoms with Crippen LogP contribution in [-0.4, -0.2) is 59.6 Å². The molecule has 3 heterocycles. The van der Waals surface area contributed by atoms with Gasteiger partial charge in [-0.05, 0) is 63.1 Å². The molecule has 1 atom stereocenters. The Morgan fingerprint density at radius 1 is 1.41 bits per heavy atom. The molecule has 3 aliphatic rings. The molecule has 1 amide bonds. The first kappa shape index (κ1) is 18.6. The van der Waals surface area contributed by atoms with Crippen molar-refractivity contribution in [3.05, 3.63) is 41.7 Å². The van der Waals surface area contributed by atoms with Crippen molar-refractivity contribution in [2.24, 2.45) is 5.92 Å². The predicted octanol–water partition coefficient (Wildman–Crippen LogP) is 3.02. The maximum atomic E-state index is 12.6. The summed E-state index contributed by atoms with van der Waals surface area (Å²) in [5.41, 5.74) is 2.21. The fourth-order valence-corrected chi connectivity index (χ4v) is 4.65. The van der Waals surface area contributed by atoms with Gasteiger partial charge in [0.15, 0.2) is 0 Å². The van der Waals surface area contributed by atoms with Gasteiger partial charge in [0, 0.05) is 31.1 Å². The van der Waals surface area contributed by atoms with Crippen LogP contribution in [0.1, 0.15) is 44.1 Å². The summed E-state index contributed by atoms with van der Waals surface area (Å²) in [4.78, 5) is 21.1. The fraction of sp³-hybridized carbons (Fsp3) is 0.636. The third-order valence-electron chi connectivity index (χ3n) is 6.19. The van der Waals surface area contributed by atoms with Crippen LogP contribution in [0.5, 0.6) is 0 Å². The standard InChI is InChI=1S/C22H31N3O2/c1-24(13-18-6-5-11-23-12-18)14-19-9-10-22(27-15-19)16-25(17-22)21(26)20-7-3-2-4-8-20/h5-7,11-12,19H,2-4,8-10,13-17H2,1H3/t19-/m1/s1. The lowest BCUT2D eigenvalue weighted by molar-refractivity contribution is -0.187. The number of hydrogen-bond donors (Lipinski definition) is 0. The average molecular weight is 370 g/mol. The second-order valence-corrected chi connectivity index (χ2v) is 8.59. The van der Waals surface area contributed by atoms with Gasteiger partial charge in [0.25, 0.3) is 0 Å². The van der Waals surface area contributed by atoms with Crippen LogP contribution in [0.25, 0.3) is 0 Å². The molecule has 146 valence electrons. The lowest BCUT2D eigenvalue weighted by atomic mass is 9.82. The second-order valence-electron chi connectivity index (χ2n) is 8.59. The maximum Gasteiger partial charge on any atom is 0.249 e. The van der Waals surface area contributed by atoms with E-state index in [-0.39, 0.29) is 11.5 Å². The van der Waals surface area contributed by atoms with E-state index in [0.29, 0.717) is 5.92 Å². The molecule has 1 spiro atoms. The van der Waals surface area contributed by atoms with Gasteiger partial charge in [-0.3, -0.25) is 9.78 Å². The molecule has 0 aromatic carbocycles. The minimum atomic E-state index is -0.0662. The van der Waals surface area contributed by atoms with Crippen molar-refractivity contribution in [2.75, 3.05) is 33.3 Å². The van der Waals surface area contributed by atoms with Crippen LogP contribution < -0.4 is 0 Å². The molecule has 0 N–H and O–H groups in total. The van der Waals surface area contributed by atoms with Gasteiger partial charge in [-0.1, -0.05) is 12.1 Å². The van der Waals surface area contributed by atoms with Crippen molar-refractivity contribution < 1.29 is 9.53 Å². The van der Waals surface area contributed by atoms with Crippen LogP contribution in [0, 0.1) is 5.92 Å². The third kappa shape index (κ3) is 4.41. The molecule has 0 unspecified atom stereocenters.